The van der Waals surface area contributed by atoms with Crippen LogP contribution in [0.1, 0.15) is 69.7 Å². The van der Waals surface area contributed by atoms with E-state index in [2.05, 4.69) is 21.1 Å². The van der Waals surface area contributed by atoms with Crippen molar-refractivity contribution in [3.63, 3.8) is 0 Å². The van der Waals surface area contributed by atoms with Crippen LogP contribution < -0.4 is 19.7 Å². The Balaban J connectivity index is 1.18. The number of methoxy groups -OCH3 is 1. The van der Waals surface area contributed by atoms with Gasteiger partial charge in [-0.2, -0.15) is 5.26 Å². The first-order chi connectivity index (χ1) is 30.2. The number of sulfonamides is 1. The molecular weight excluding hydrogens is 842 g/mol. The predicted molar refractivity (Wildman–Crippen MR) is 244 cm³/mol. The van der Waals surface area contributed by atoms with Crippen LogP contribution in [0.25, 0.3) is 22.7 Å². The largest absolute Gasteiger partial charge is 0.497 e. The number of oxazole rings is 1. The maximum Gasteiger partial charge on any atom is 0.415 e. The van der Waals surface area contributed by atoms with E-state index in [4.69, 9.17) is 25.5 Å². The third kappa shape index (κ3) is 10.6. The zero-order valence-corrected chi connectivity index (χ0v) is 36.5. The molecule has 0 radical (unpaired) electrons. The normalized spacial score (nSPS) is 13.6. The molecule has 1 heterocycles. The Hall–Kier alpha value is -6.95. The molecule has 1 atom stereocenters. The lowest BCUT2D eigenvalue weighted by molar-refractivity contribution is -0.122. The number of nitrogens with zero attached hydrogens (tertiary/aromatic N) is 3. The number of benzene rings is 5. The summed E-state index contributed by atoms with van der Waals surface area (Å²) in [7, 11) is -2.08. The first-order valence-electron chi connectivity index (χ1n) is 20.1. The second-order valence-corrected chi connectivity index (χ2v) is 17.5. The Labute approximate surface area is 370 Å². The van der Waals surface area contributed by atoms with E-state index >= 15 is 0 Å². The van der Waals surface area contributed by atoms with Crippen LogP contribution in [-0.2, 0) is 26.0 Å². The van der Waals surface area contributed by atoms with Crippen LogP contribution in [0.2, 0.25) is 5.02 Å². The standard InChI is InChI=1S/C48H44ClN5O8S/c1-29-13-22-43-42(23-29)52-47(61-43)35(28-50)27-33-15-18-37(24-30(33)2)54(36-10-6-7-11-36)48(57)62-45(44(55)32-16-19-38(60-3)20-17-32)46(56)51-41-26-31(14-21-39(41)49)25-34-9-5-8-12-40(34)53-63(4,58)59/h5,8-9,12-24,26-27,36,45,53H,6-7,10-11,25H2,1-4H3,(H,51,56)/b35-27+. The van der Waals surface area contributed by atoms with Gasteiger partial charge in [0, 0.05) is 17.3 Å². The summed E-state index contributed by atoms with van der Waals surface area (Å²) >= 11 is 6.59. The summed E-state index contributed by atoms with van der Waals surface area (Å²) in [5.74, 6) is -1.06. The molecule has 1 fully saturated rings. The zero-order valence-electron chi connectivity index (χ0n) is 35.0. The lowest BCUT2D eigenvalue weighted by atomic mass is 10.0. The SMILES string of the molecule is COc1ccc(C(=O)C(OC(=O)N(c2ccc(/C=C(\C#N)c3nc4cc(C)ccc4o3)c(C)c2)C2CCCC2)C(=O)Nc2cc(Cc3ccccc3NS(C)(=O)=O)ccc2Cl)cc1. The minimum absolute atomic E-state index is 0.0976. The summed E-state index contributed by atoms with van der Waals surface area (Å²) in [6.45, 7) is 3.79. The van der Waals surface area contributed by atoms with Crippen molar-refractivity contribution in [1.29, 1.82) is 5.26 Å². The molecule has 0 bridgehead atoms. The number of amides is 2. The molecule has 63 heavy (non-hydrogen) atoms. The number of allylic oxidation sites excluding steroid dienone is 1. The lowest BCUT2D eigenvalue weighted by Gasteiger charge is -2.30. The molecule has 1 aliphatic carbocycles. The monoisotopic (exact) mass is 885 g/mol. The highest BCUT2D eigenvalue weighted by Gasteiger charge is 2.37. The van der Waals surface area contributed by atoms with E-state index in [-0.39, 0.29) is 40.2 Å². The Morgan fingerprint density at radius 1 is 0.968 bits per heavy atom. The van der Waals surface area contributed by atoms with Crippen LogP contribution in [0.15, 0.2) is 108 Å². The zero-order chi connectivity index (χ0) is 44.8. The molecule has 0 aliphatic heterocycles. The van der Waals surface area contributed by atoms with Crippen molar-refractivity contribution in [2.75, 3.05) is 28.3 Å². The van der Waals surface area contributed by atoms with E-state index in [1.807, 2.05) is 32.0 Å². The number of hydrogen-bond donors (Lipinski definition) is 2. The van der Waals surface area contributed by atoms with E-state index in [0.29, 0.717) is 57.8 Å². The van der Waals surface area contributed by atoms with E-state index in [1.54, 1.807) is 78.9 Å². The molecule has 322 valence electrons. The van der Waals surface area contributed by atoms with Crippen molar-refractivity contribution in [3.05, 3.63) is 147 Å². The van der Waals surface area contributed by atoms with Crippen molar-refractivity contribution in [2.24, 2.45) is 0 Å². The van der Waals surface area contributed by atoms with Gasteiger partial charge < -0.3 is 19.2 Å². The van der Waals surface area contributed by atoms with Gasteiger partial charge in [0.1, 0.15) is 22.9 Å². The maximum absolute atomic E-state index is 14.5. The molecule has 1 saturated carbocycles. The number of aryl methyl sites for hydroxylation is 2. The minimum atomic E-state index is -3.56. The molecule has 1 aliphatic rings. The smallest absolute Gasteiger partial charge is 0.415 e. The third-order valence-electron chi connectivity index (χ3n) is 10.7. The number of aromatic nitrogens is 1. The number of para-hydroxylation sites is 1. The number of anilines is 3. The fourth-order valence-electron chi connectivity index (χ4n) is 7.51. The molecule has 5 aromatic carbocycles. The second kappa shape index (κ2) is 19.0. The molecule has 2 amide bonds. The number of Topliss-reactive ketones (excluding diaryl/α,β-unsaturated/α-hetero) is 1. The van der Waals surface area contributed by atoms with E-state index in [9.17, 15) is 28.1 Å². The Morgan fingerprint density at radius 3 is 2.41 bits per heavy atom. The number of ether oxygens (including phenoxy) is 2. The Morgan fingerprint density at radius 2 is 1.71 bits per heavy atom. The first-order valence-corrected chi connectivity index (χ1v) is 22.4. The Bertz CT molecular complexity index is 2900. The number of carbonyl (C=O) groups excluding carboxylic acids is 3. The summed E-state index contributed by atoms with van der Waals surface area (Å²) in [6, 6.07) is 30.7. The van der Waals surface area contributed by atoms with Gasteiger partial charge in [0.05, 0.1) is 29.8 Å². The Kier molecular flexibility index (Phi) is 13.3. The summed E-state index contributed by atoms with van der Waals surface area (Å²) in [5, 5.41) is 13.0. The molecule has 2 N–H and O–H groups in total. The van der Waals surface area contributed by atoms with Gasteiger partial charge in [0.25, 0.3) is 5.91 Å². The number of rotatable bonds is 14. The molecule has 1 unspecified atom stereocenters. The fourth-order valence-corrected chi connectivity index (χ4v) is 8.27. The highest BCUT2D eigenvalue weighted by molar-refractivity contribution is 7.92. The topological polar surface area (TPSA) is 181 Å². The van der Waals surface area contributed by atoms with Crippen LogP contribution in [0, 0.1) is 25.2 Å². The maximum atomic E-state index is 14.5. The second-order valence-electron chi connectivity index (χ2n) is 15.4. The number of fused-ring (bicyclic) bond motifs is 1. The van der Waals surface area contributed by atoms with E-state index < -0.39 is 33.9 Å². The number of carbonyl (C=O) groups is 3. The van der Waals surface area contributed by atoms with Crippen LogP contribution in [-0.4, -0.2) is 56.7 Å². The van der Waals surface area contributed by atoms with Gasteiger partial charge in [0.2, 0.25) is 27.8 Å². The van der Waals surface area contributed by atoms with Crippen molar-refractivity contribution in [2.45, 2.75) is 58.1 Å². The van der Waals surface area contributed by atoms with E-state index in [1.165, 1.54) is 24.1 Å². The molecule has 0 saturated heterocycles. The summed E-state index contributed by atoms with van der Waals surface area (Å²) in [4.78, 5) is 49.0. The van der Waals surface area contributed by atoms with Crippen molar-refractivity contribution in [1.82, 2.24) is 4.98 Å². The molecule has 0 spiro atoms. The number of halogens is 1. The molecule has 1 aromatic heterocycles. The number of ketones is 1. The predicted octanol–water partition coefficient (Wildman–Crippen LogP) is 9.91. The van der Waals surface area contributed by atoms with Crippen LogP contribution in [0.4, 0.5) is 21.9 Å². The van der Waals surface area contributed by atoms with Crippen molar-refractivity contribution >= 4 is 79.2 Å². The number of nitriles is 1. The van der Waals surface area contributed by atoms with Gasteiger partial charge in [-0.25, -0.2) is 18.2 Å². The highest BCUT2D eigenvalue weighted by Crippen LogP contribution is 2.33. The average molecular weight is 886 g/mol. The van der Waals surface area contributed by atoms with E-state index in [0.717, 1.165) is 30.2 Å². The number of nitrogens with one attached hydrogen (secondary N) is 2. The number of hydrogen-bond acceptors (Lipinski definition) is 10. The molecule has 6 aromatic rings. The van der Waals surface area contributed by atoms with Gasteiger partial charge in [-0.3, -0.25) is 19.2 Å². The highest BCUT2D eigenvalue weighted by atomic mass is 35.5. The van der Waals surface area contributed by atoms with Crippen LogP contribution >= 0.6 is 11.6 Å². The fraction of sp³-hybridized carbons (Fsp3) is 0.229. The summed E-state index contributed by atoms with van der Waals surface area (Å²) in [5.41, 5.74) is 6.31. The van der Waals surface area contributed by atoms with Gasteiger partial charge in [-0.1, -0.05) is 60.8 Å². The van der Waals surface area contributed by atoms with Gasteiger partial charge in [0.15, 0.2) is 5.58 Å². The third-order valence-corrected chi connectivity index (χ3v) is 11.6. The first kappa shape index (κ1) is 44.1. The molecule has 7 rings (SSSR count). The van der Waals surface area contributed by atoms with Crippen LogP contribution in [0.3, 0.4) is 0 Å². The minimum Gasteiger partial charge on any atom is -0.497 e. The summed E-state index contributed by atoms with van der Waals surface area (Å²) < 4.78 is 43.7. The van der Waals surface area contributed by atoms with Gasteiger partial charge in [-0.05, 0) is 134 Å². The van der Waals surface area contributed by atoms with Crippen molar-refractivity contribution < 1.29 is 36.7 Å². The van der Waals surface area contributed by atoms with Crippen molar-refractivity contribution in [3.8, 4) is 11.8 Å². The molecule has 13 nitrogen and oxygen atoms in total. The molecular formula is C48H44ClN5O8S. The van der Waals surface area contributed by atoms with Gasteiger partial charge in [-0.15, -0.1) is 0 Å². The van der Waals surface area contributed by atoms with Crippen LogP contribution in [0.5, 0.6) is 5.75 Å². The van der Waals surface area contributed by atoms with Gasteiger partial charge >= 0.3 is 6.09 Å². The average Bonchev–Trinajstić information content (AvgIpc) is 3.94. The summed E-state index contributed by atoms with van der Waals surface area (Å²) in [6.07, 6.45) is 3.21. The molecule has 15 heteroatoms. The lowest BCUT2D eigenvalue weighted by Crippen LogP contribution is -2.46. The quantitative estimate of drug-likeness (QED) is 0.0607.